The van der Waals surface area contributed by atoms with E-state index in [-0.39, 0.29) is 5.78 Å². The van der Waals surface area contributed by atoms with Crippen molar-refractivity contribution in [2.24, 2.45) is 0 Å². The van der Waals surface area contributed by atoms with E-state index in [0.29, 0.717) is 35.0 Å². The van der Waals surface area contributed by atoms with Crippen molar-refractivity contribution < 1.29 is 23.7 Å². The van der Waals surface area contributed by atoms with Crippen molar-refractivity contribution in [3.63, 3.8) is 0 Å². The summed E-state index contributed by atoms with van der Waals surface area (Å²) in [7, 11) is 4.57. The fourth-order valence-corrected chi connectivity index (χ4v) is 2.13. The summed E-state index contributed by atoms with van der Waals surface area (Å²) < 4.78 is 20.9. The molecule has 0 saturated heterocycles. The summed E-state index contributed by atoms with van der Waals surface area (Å²) in [4.78, 5) is 12.4. The van der Waals surface area contributed by atoms with Crippen molar-refractivity contribution >= 4 is 5.78 Å². The average Bonchev–Trinajstić information content (AvgIpc) is 2.53. The van der Waals surface area contributed by atoms with Gasteiger partial charge in [-0.1, -0.05) is 0 Å². The number of carbonyl (C=O) groups excluding carboxylic acids is 1. The van der Waals surface area contributed by atoms with Gasteiger partial charge in [0, 0.05) is 11.1 Å². The maximum atomic E-state index is 12.4. The average molecular weight is 278 g/mol. The van der Waals surface area contributed by atoms with E-state index in [1.165, 1.54) is 27.6 Å². The van der Waals surface area contributed by atoms with Gasteiger partial charge in [0.15, 0.2) is 17.3 Å². The van der Waals surface area contributed by atoms with Crippen LogP contribution in [0.2, 0.25) is 0 Å². The SMILES string of the molecule is COc1cc(C(=O)C2=COCCC2)cc(OC)c1OC. The number of benzene rings is 1. The molecule has 2 rings (SSSR count). The highest BCUT2D eigenvalue weighted by molar-refractivity contribution is 6.09. The Labute approximate surface area is 118 Å². The molecule has 0 fully saturated rings. The number of carbonyl (C=O) groups is 1. The van der Waals surface area contributed by atoms with Crippen LogP contribution in [0, 0.1) is 0 Å². The summed E-state index contributed by atoms with van der Waals surface area (Å²) >= 11 is 0. The lowest BCUT2D eigenvalue weighted by atomic mass is 9.99. The number of rotatable bonds is 5. The molecule has 0 unspecified atom stereocenters. The molecule has 20 heavy (non-hydrogen) atoms. The topological polar surface area (TPSA) is 54.0 Å². The standard InChI is InChI=1S/C15H18O5/c1-17-12-7-11(8-13(18-2)15(12)19-3)14(16)10-5-4-6-20-9-10/h7-9H,4-6H2,1-3H3. The highest BCUT2D eigenvalue weighted by Crippen LogP contribution is 2.38. The summed E-state index contributed by atoms with van der Waals surface area (Å²) in [6.45, 7) is 0.659. The second kappa shape index (κ2) is 6.32. The molecule has 1 aliphatic rings. The molecule has 0 N–H and O–H groups in total. The second-order valence-electron chi connectivity index (χ2n) is 4.36. The first kappa shape index (κ1) is 14.2. The lowest BCUT2D eigenvalue weighted by Crippen LogP contribution is -2.10. The van der Waals surface area contributed by atoms with E-state index >= 15 is 0 Å². The van der Waals surface area contributed by atoms with Crippen LogP contribution in [-0.2, 0) is 4.74 Å². The Hall–Kier alpha value is -2.17. The first-order valence-electron chi connectivity index (χ1n) is 6.36. The minimum absolute atomic E-state index is 0.0797. The highest BCUT2D eigenvalue weighted by atomic mass is 16.5. The van der Waals surface area contributed by atoms with Crippen molar-refractivity contribution in [1.82, 2.24) is 0 Å². The van der Waals surface area contributed by atoms with Crippen LogP contribution in [-0.4, -0.2) is 33.7 Å². The Morgan fingerprint density at radius 3 is 2.20 bits per heavy atom. The molecule has 108 valence electrons. The number of ether oxygens (including phenoxy) is 4. The molecular weight excluding hydrogens is 260 g/mol. The van der Waals surface area contributed by atoms with Crippen molar-refractivity contribution in [1.29, 1.82) is 0 Å². The summed E-state index contributed by atoms with van der Waals surface area (Å²) in [6, 6.07) is 3.30. The third-order valence-corrected chi connectivity index (χ3v) is 3.15. The van der Waals surface area contributed by atoms with Gasteiger partial charge in [0.05, 0.1) is 34.2 Å². The Bertz CT molecular complexity index is 508. The van der Waals surface area contributed by atoms with Crippen molar-refractivity contribution in [3.8, 4) is 17.2 Å². The molecule has 0 amide bonds. The lowest BCUT2D eigenvalue weighted by Gasteiger charge is -2.16. The molecule has 0 aromatic heterocycles. The van der Waals surface area contributed by atoms with Crippen LogP contribution in [0.3, 0.4) is 0 Å². The van der Waals surface area contributed by atoms with Crippen LogP contribution >= 0.6 is 0 Å². The van der Waals surface area contributed by atoms with Gasteiger partial charge in [-0.25, -0.2) is 0 Å². The molecule has 0 saturated carbocycles. The van der Waals surface area contributed by atoms with Crippen molar-refractivity contribution in [2.45, 2.75) is 12.8 Å². The number of allylic oxidation sites excluding steroid dienone is 1. The molecular formula is C15H18O5. The molecule has 5 nitrogen and oxygen atoms in total. The highest BCUT2D eigenvalue weighted by Gasteiger charge is 2.20. The zero-order valence-corrected chi connectivity index (χ0v) is 11.9. The molecule has 0 bridgehead atoms. The third-order valence-electron chi connectivity index (χ3n) is 3.15. The van der Waals surface area contributed by atoms with Crippen LogP contribution in [0.4, 0.5) is 0 Å². The van der Waals surface area contributed by atoms with Crippen molar-refractivity contribution in [2.75, 3.05) is 27.9 Å². The minimum Gasteiger partial charge on any atom is -0.501 e. The van der Waals surface area contributed by atoms with Gasteiger partial charge in [-0.2, -0.15) is 0 Å². The number of hydrogen-bond donors (Lipinski definition) is 0. The van der Waals surface area contributed by atoms with Gasteiger partial charge in [-0.05, 0) is 25.0 Å². The number of ketones is 1. The fraction of sp³-hybridized carbons (Fsp3) is 0.400. The first-order chi connectivity index (χ1) is 9.71. The second-order valence-corrected chi connectivity index (χ2v) is 4.36. The summed E-state index contributed by atoms with van der Waals surface area (Å²) in [5, 5.41) is 0. The molecule has 1 aromatic carbocycles. The zero-order valence-electron chi connectivity index (χ0n) is 11.9. The summed E-state index contributed by atoms with van der Waals surface area (Å²) in [6.07, 6.45) is 3.10. The maximum Gasteiger partial charge on any atom is 0.203 e. The van der Waals surface area contributed by atoms with Crippen LogP contribution in [0.15, 0.2) is 24.0 Å². The largest absolute Gasteiger partial charge is 0.501 e. The molecule has 0 atom stereocenters. The van der Waals surface area contributed by atoms with Gasteiger partial charge in [-0.3, -0.25) is 4.79 Å². The fourth-order valence-electron chi connectivity index (χ4n) is 2.13. The monoisotopic (exact) mass is 278 g/mol. The van der Waals surface area contributed by atoms with E-state index in [1.807, 2.05) is 0 Å². The quantitative estimate of drug-likeness (QED) is 0.775. The number of hydrogen-bond acceptors (Lipinski definition) is 5. The maximum absolute atomic E-state index is 12.4. The van der Waals surface area contributed by atoms with Gasteiger partial charge in [0.1, 0.15) is 0 Å². The summed E-state index contributed by atoms with van der Waals surface area (Å²) in [5.74, 6) is 1.32. The number of Topliss-reactive ketones (excluding diaryl/α,β-unsaturated/α-hetero) is 1. The molecule has 5 heteroatoms. The zero-order chi connectivity index (χ0) is 14.5. The van der Waals surface area contributed by atoms with Crippen LogP contribution in [0.5, 0.6) is 17.2 Å². The Kier molecular flexibility index (Phi) is 4.50. The van der Waals surface area contributed by atoms with Gasteiger partial charge in [0.25, 0.3) is 0 Å². The van der Waals surface area contributed by atoms with E-state index in [4.69, 9.17) is 18.9 Å². The van der Waals surface area contributed by atoms with Crippen molar-refractivity contribution in [3.05, 3.63) is 29.5 Å². The summed E-state index contributed by atoms with van der Waals surface area (Å²) in [5.41, 5.74) is 1.15. The van der Waals surface area contributed by atoms with E-state index in [0.717, 1.165) is 12.8 Å². The Morgan fingerprint density at radius 1 is 1.10 bits per heavy atom. The normalized spacial score (nSPS) is 14.1. The Balaban J connectivity index is 2.41. The predicted molar refractivity (Wildman–Crippen MR) is 73.7 cm³/mol. The van der Waals surface area contributed by atoms with E-state index in [1.54, 1.807) is 12.1 Å². The molecule has 1 aliphatic heterocycles. The number of methoxy groups -OCH3 is 3. The van der Waals surface area contributed by atoms with Gasteiger partial charge in [0.2, 0.25) is 5.75 Å². The first-order valence-corrected chi connectivity index (χ1v) is 6.36. The smallest absolute Gasteiger partial charge is 0.203 e. The van der Waals surface area contributed by atoms with Gasteiger partial charge < -0.3 is 18.9 Å². The predicted octanol–water partition coefficient (Wildman–Crippen LogP) is 2.59. The van der Waals surface area contributed by atoms with Gasteiger partial charge >= 0.3 is 0 Å². The third kappa shape index (κ3) is 2.71. The lowest BCUT2D eigenvalue weighted by molar-refractivity contribution is 0.101. The van der Waals surface area contributed by atoms with Crippen LogP contribution in [0.25, 0.3) is 0 Å². The molecule has 0 aliphatic carbocycles. The molecule has 0 spiro atoms. The van der Waals surface area contributed by atoms with Crippen LogP contribution < -0.4 is 14.2 Å². The van der Waals surface area contributed by atoms with Gasteiger partial charge in [-0.15, -0.1) is 0 Å². The van der Waals surface area contributed by atoms with E-state index < -0.39 is 0 Å². The minimum atomic E-state index is -0.0797. The molecule has 1 aromatic rings. The van der Waals surface area contributed by atoms with E-state index in [2.05, 4.69) is 0 Å². The molecule has 0 radical (unpaired) electrons. The van der Waals surface area contributed by atoms with Crippen LogP contribution in [0.1, 0.15) is 23.2 Å². The Morgan fingerprint density at radius 2 is 1.75 bits per heavy atom. The molecule has 1 heterocycles. The van der Waals surface area contributed by atoms with E-state index in [9.17, 15) is 4.79 Å².